The van der Waals surface area contributed by atoms with Gasteiger partial charge >= 0.3 is 0 Å². The molecular weight excluding hydrogens is 318 g/mol. The smallest absolute Gasteiger partial charge is 0.207 e. The SMILES string of the molecule is Cc1cccc(-n2c(N)nc3cc(Br)cnc32)c1C#N. The van der Waals surface area contributed by atoms with Gasteiger partial charge in [-0.25, -0.2) is 9.97 Å². The highest BCUT2D eigenvalue weighted by Gasteiger charge is 2.15. The molecule has 0 bridgehead atoms. The number of aromatic nitrogens is 3. The summed E-state index contributed by atoms with van der Waals surface area (Å²) >= 11 is 3.36. The summed E-state index contributed by atoms with van der Waals surface area (Å²) in [5.41, 5.74) is 9.47. The maximum absolute atomic E-state index is 9.35. The molecule has 6 heteroatoms. The maximum atomic E-state index is 9.35. The standard InChI is InChI=1S/C14H10BrN5/c1-8-3-2-4-12(10(8)6-16)20-13-11(19-14(20)17)5-9(15)7-18-13/h2-5,7H,1H3,(H2,17,19). The Morgan fingerprint density at radius 1 is 1.40 bits per heavy atom. The monoisotopic (exact) mass is 327 g/mol. The van der Waals surface area contributed by atoms with Gasteiger partial charge in [0.1, 0.15) is 11.6 Å². The van der Waals surface area contributed by atoms with Crippen molar-refractivity contribution in [3.63, 3.8) is 0 Å². The lowest BCUT2D eigenvalue weighted by atomic mass is 10.1. The van der Waals surface area contributed by atoms with Crippen LogP contribution in [0.4, 0.5) is 5.95 Å². The largest absolute Gasteiger partial charge is 0.369 e. The topological polar surface area (TPSA) is 80.5 Å². The van der Waals surface area contributed by atoms with Crippen molar-refractivity contribution in [3.8, 4) is 11.8 Å². The van der Waals surface area contributed by atoms with Crippen molar-refractivity contribution in [3.05, 3.63) is 46.1 Å². The molecule has 0 saturated carbocycles. The molecule has 3 aromatic rings. The molecule has 0 saturated heterocycles. The van der Waals surface area contributed by atoms with Gasteiger partial charge < -0.3 is 5.73 Å². The van der Waals surface area contributed by atoms with Crippen molar-refractivity contribution in [1.29, 1.82) is 5.26 Å². The Hall–Kier alpha value is -2.39. The summed E-state index contributed by atoms with van der Waals surface area (Å²) in [6.07, 6.45) is 1.68. The number of halogens is 1. The Morgan fingerprint density at radius 3 is 2.95 bits per heavy atom. The van der Waals surface area contributed by atoms with Gasteiger partial charge in [-0.3, -0.25) is 4.57 Å². The Balaban J connectivity index is 2.39. The van der Waals surface area contributed by atoms with Gasteiger partial charge in [-0.05, 0) is 40.5 Å². The first-order valence-electron chi connectivity index (χ1n) is 5.91. The molecule has 0 amide bonds. The van der Waals surface area contributed by atoms with Gasteiger partial charge in [-0.2, -0.15) is 5.26 Å². The van der Waals surface area contributed by atoms with Crippen molar-refractivity contribution in [2.45, 2.75) is 6.92 Å². The summed E-state index contributed by atoms with van der Waals surface area (Å²) in [7, 11) is 0. The number of hydrogen-bond donors (Lipinski definition) is 1. The quantitative estimate of drug-likeness (QED) is 0.745. The third kappa shape index (κ3) is 1.84. The number of aryl methyl sites for hydroxylation is 1. The zero-order valence-electron chi connectivity index (χ0n) is 10.6. The zero-order chi connectivity index (χ0) is 14.3. The average molecular weight is 328 g/mol. The van der Waals surface area contributed by atoms with Crippen LogP contribution in [0, 0.1) is 18.3 Å². The first-order valence-corrected chi connectivity index (χ1v) is 6.70. The fourth-order valence-electron chi connectivity index (χ4n) is 2.18. The van der Waals surface area contributed by atoms with Crippen LogP contribution in [0.15, 0.2) is 34.9 Å². The normalized spacial score (nSPS) is 10.7. The highest BCUT2D eigenvalue weighted by atomic mass is 79.9. The molecule has 0 aliphatic carbocycles. The number of benzene rings is 1. The van der Waals surface area contributed by atoms with E-state index in [2.05, 4.69) is 32.0 Å². The highest BCUT2D eigenvalue weighted by molar-refractivity contribution is 9.10. The number of nitrogen functional groups attached to an aromatic ring is 1. The lowest BCUT2D eigenvalue weighted by Crippen LogP contribution is -2.04. The fourth-order valence-corrected chi connectivity index (χ4v) is 2.50. The van der Waals surface area contributed by atoms with E-state index in [0.29, 0.717) is 28.4 Å². The molecular formula is C14H10BrN5. The number of nitrogens with zero attached hydrogens (tertiary/aromatic N) is 4. The molecule has 0 aliphatic heterocycles. The van der Waals surface area contributed by atoms with E-state index in [1.807, 2.05) is 31.2 Å². The average Bonchev–Trinajstić information content (AvgIpc) is 2.73. The minimum atomic E-state index is 0.313. The van der Waals surface area contributed by atoms with E-state index in [4.69, 9.17) is 5.73 Å². The molecule has 2 aromatic heterocycles. The number of rotatable bonds is 1. The molecule has 1 aromatic carbocycles. The van der Waals surface area contributed by atoms with Crippen molar-refractivity contribution in [2.24, 2.45) is 0 Å². The number of hydrogen-bond acceptors (Lipinski definition) is 4. The maximum Gasteiger partial charge on any atom is 0.207 e. The van der Waals surface area contributed by atoms with Gasteiger partial charge in [-0.1, -0.05) is 12.1 Å². The number of fused-ring (bicyclic) bond motifs is 1. The molecule has 0 atom stereocenters. The molecule has 0 unspecified atom stereocenters. The molecule has 0 radical (unpaired) electrons. The van der Waals surface area contributed by atoms with Crippen LogP contribution in [-0.4, -0.2) is 14.5 Å². The van der Waals surface area contributed by atoms with Crippen LogP contribution in [0.25, 0.3) is 16.9 Å². The second-order valence-corrected chi connectivity index (χ2v) is 5.30. The summed E-state index contributed by atoms with van der Waals surface area (Å²) < 4.78 is 2.53. The first kappa shape index (κ1) is 12.6. The molecule has 5 nitrogen and oxygen atoms in total. The van der Waals surface area contributed by atoms with Crippen molar-refractivity contribution in [2.75, 3.05) is 5.73 Å². The third-order valence-electron chi connectivity index (χ3n) is 3.09. The lowest BCUT2D eigenvalue weighted by molar-refractivity contribution is 1.07. The summed E-state index contributed by atoms with van der Waals surface area (Å²) in [6.45, 7) is 1.89. The number of imidazole rings is 1. The number of nitriles is 1. The second kappa shape index (κ2) is 4.62. The van der Waals surface area contributed by atoms with Crippen LogP contribution < -0.4 is 5.73 Å². The minimum Gasteiger partial charge on any atom is -0.369 e. The number of nitrogens with two attached hydrogens (primary N) is 1. The Labute approximate surface area is 123 Å². The van der Waals surface area contributed by atoms with E-state index in [1.165, 1.54) is 0 Å². The van der Waals surface area contributed by atoms with E-state index in [1.54, 1.807) is 10.8 Å². The van der Waals surface area contributed by atoms with Gasteiger partial charge in [0.05, 0.1) is 11.3 Å². The lowest BCUT2D eigenvalue weighted by Gasteiger charge is -2.09. The van der Waals surface area contributed by atoms with Crippen LogP contribution in [0.3, 0.4) is 0 Å². The van der Waals surface area contributed by atoms with Gasteiger partial charge in [0.15, 0.2) is 5.65 Å². The molecule has 0 spiro atoms. The minimum absolute atomic E-state index is 0.313. The van der Waals surface area contributed by atoms with Gasteiger partial charge in [0, 0.05) is 10.7 Å². The van der Waals surface area contributed by atoms with E-state index < -0.39 is 0 Å². The molecule has 2 N–H and O–H groups in total. The Morgan fingerprint density at radius 2 is 2.20 bits per heavy atom. The van der Waals surface area contributed by atoms with Crippen molar-refractivity contribution in [1.82, 2.24) is 14.5 Å². The fraction of sp³-hybridized carbons (Fsp3) is 0.0714. The van der Waals surface area contributed by atoms with Gasteiger partial charge in [-0.15, -0.1) is 0 Å². The van der Waals surface area contributed by atoms with E-state index >= 15 is 0 Å². The summed E-state index contributed by atoms with van der Waals surface area (Å²) in [6, 6.07) is 9.67. The van der Waals surface area contributed by atoms with Gasteiger partial charge in [0.2, 0.25) is 5.95 Å². The van der Waals surface area contributed by atoms with E-state index in [-0.39, 0.29) is 0 Å². The van der Waals surface area contributed by atoms with Gasteiger partial charge in [0.25, 0.3) is 0 Å². The summed E-state index contributed by atoms with van der Waals surface area (Å²) in [4.78, 5) is 8.64. The molecule has 98 valence electrons. The Kier molecular flexibility index (Phi) is 2.92. The molecule has 0 aliphatic rings. The number of pyridine rings is 1. The first-order chi connectivity index (χ1) is 9.61. The molecule has 0 fully saturated rings. The summed E-state index contributed by atoms with van der Waals surface area (Å²) in [5.74, 6) is 0.313. The third-order valence-corrected chi connectivity index (χ3v) is 3.53. The number of anilines is 1. The van der Waals surface area contributed by atoms with Crippen molar-refractivity contribution < 1.29 is 0 Å². The Bertz CT molecular complexity index is 860. The highest BCUT2D eigenvalue weighted by Crippen LogP contribution is 2.26. The van der Waals surface area contributed by atoms with Crippen LogP contribution >= 0.6 is 15.9 Å². The molecule has 2 heterocycles. The zero-order valence-corrected chi connectivity index (χ0v) is 12.2. The molecule has 20 heavy (non-hydrogen) atoms. The summed E-state index contributed by atoms with van der Waals surface area (Å²) in [5, 5.41) is 9.35. The van der Waals surface area contributed by atoms with Crippen LogP contribution in [-0.2, 0) is 0 Å². The van der Waals surface area contributed by atoms with E-state index in [9.17, 15) is 5.26 Å². The predicted molar refractivity (Wildman–Crippen MR) is 80.4 cm³/mol. The van der Waals surface area contributed by atoms with E-state index in [0.717, 1.165) is 10.0 Å². The van der Waals surface area contributed by atoms with Crippen LogP contribution in [0.5, 0.6) is 0 Å². The second-order valence-electron chi connectivity index (χ2n) is 4.38. The van der Waals surface area contributed by atoms with Crippen LogP contribution in [0.1, 0.15) is 11.1 Å². The molecule has 3 rings (SSSR count). The van der Waals surface area contributed by atoms with Crippen LogP contribution in [0.2, 0.25) is 0 Å². The predicted octanol–water partition coefficient (Wildman–Crippen LogP) is 2.95. The van der Waals surface area contributed by atoms with Crippen molar-refractivity contribution >= 4 is 33.0 Å².